The van der Waals surface area contributed by atoms with E-state index in [2.05, 4.69) is 34.0 Å². The van der Waals surface area contributed by atoms with Crippen molar-refractivity contribution in [3.05, 3.63) is 41.7 Å². The quantitative estimate of drug-likeness (QED) is 0.453. The molecule has 0 aliphatic rings. The molecule has 0 aliphatic heterocycles. The molecule has 2 N–H and O–H groups in total. The zero-order valence-corrected chi connectivity index (χ0v) is 15.7. The maximum atomic E-state index is 6.01. The lowest BCUT2D eigenvalue weighted by molar-refractivity contribution is 0.286. The number of hydrogen-bond donors (Lipinski definition) is 1. The first-order chi connectivity index (χ1) is 12.7. The van der Waals surface area contributed by atoms with Crippen LogP contribution in [0.4, 0.5) is 5.82 Å². The van der Waals surface area contributed by atoms with Gasteiger partial charge >= 0.3 is 6.01 Å². The fourth-order valence-corrected chi connectivity index (χ4v) is 2.97. The highest BCUT2D eigenvalue weighted by atomic mass is 35.5. The maximum Gasteiger partial charge on any atom is 0.320 e. The minimum absolute atomic E-state index is 0.319. The van der Waals surface area contributed by atoms with Gasteiger partial charge in [0.25, 0.3) is 0 Å². The molecular weight excluding hydrogens is 350 g/mol. The van der Waals surface area contributed by atoms with Gasteiger partial charge in [-0.1, -0.05) is 37.6 Å². The Morgan fingerprint density at radius 2 is 2.04 bits per heavy atom. The molecule has 0 amide bonds. The first kappa shape index (κ1) is 18.5. The number of aryl methyl sites for hydroxylation is 2. The van der Waals surface area contributed by atoms with Crippen LogP contribution in [0.3, 0.4) is 0 Å². The van der Waals surface area contributed by atoms with Crippen molar-refractivity contribution < 1.29 is 4.74 Å². The molecule has 2 aromatic heterocycles. The maximum absolute atomic E-state index is 6.01. The lowest BCUT2D eigenvalue weighted by Crippen LogP contribution is -2.06. The van der Waals surface area contributed by atoms with Gasteiger partial charge < -0.3 is 15.0 Å². The summed E-state index contributed by atoms with van der Waals surface area (Å²) in [5.41, 5.74) is 9.78. The van der Waals surface area contributed by atoms with Crippen LogP contribution in [0.1, 0.15) is 37.3 Å². The van der Waals surface area contributed by atoms with Crippen LogP contribution in [0, 0.1) is 0 Å². The summed E-state index contributed by atoms with van der Waals surface area (Å²) in [6, 6.07) is 8.69. The second-order valence-electron chi connectivity index (χ2n) is 6.26. The van der Waals surface area contributed by atoms with Gasteiger partial charge in [0, 0.05) is 12.4 Å². The van der Waals surface area contributed by atoms with Crippen molar-refractivity contribution in [3.8, 4) is 6.01 Å². The Labute approximate surface area is 158 Å². The van der Waals surface area contributed by atoms with E-state index in [0.29, 0.717) is 29.8 Å². The van der Waals surface area contributed by atoms with Crippen molar-refractivity contribution in [1.29, 1.82) is 0 Å². The van der Waals surface area contributed by atoms with E-state index >= 15 is 0 Å². The van der Waals surface area contributed by atoms with Crippen molar-refractivity contribution >= 4 is 28.6 Å². The van der Waals surface area contributed by atoms with Crippen molar-refractivity contribution in [2.45, 2.75) is 45.0 Å². The molecule has 0 fully saturated rings. The van der Waals surface area contributed by atoms with Gasteiger partial charge in [-0.25, -0.2) is 4.98 Å². The van der Waals surface area contributed by atoms with Crippen LogP contribution in [0.15, 0.2) is 30.6 Å². The number of anilines is 1. The summed E-state index contributed by atoms with van der Waals surface area (Å²) in [5, 5.41) is 0. The Morgan fingerprint density at radius 1 is 1.19 bits per heavy atom. The van der Waals surface area contributed by atoms with Crippen LogP contribution in [0.5, 0.6) is 6.01 Å². The summed E-state index contributed by atoms with van der Waals surface area (Å²) >= 11 is 5.90. The molecule has 6 nitrogen and oxygen atoms in total. The molecule has 0 unspecified atom stereocenters. The van der Waals surface area contributed by atoms with Gasteiger partial charge in [0.05, 0.1) is 12.9 Å². The summed E-state index contributed by atoms with van der Waals surface area (Å²) in [6.45, 7) is 3.50. The molecule has 0 saturated heterocycles. The molecule has 3 rings (SSSR count). The number of nitrogens with zero attached hydrogens (tertiary/aromatic N) is 4. The smallest absolute Gasteiger partial charge is 0.320 e. The summed E-state index contributed by atoms with van der Waals surface area (Å²) in [4.78, 5) is 13.0. The zero-order valence-electron chi connectivity index (χ0n) is 15.0. The normalized spacial score (nSPS) is 11.2. The van der Waals surface area contributed by atoms with E-state index in [-0.39, 0.29) is 0 Å². The van der Waals surface area contributed by atoms with Gasteiger partial charge in [0.2, 0.25) is 0 Å². The van der Waals surface area contributed by atoms with Crippen molar-refractivity contribution in [1.82, 2.24) is 19.5 Å². The van der Waals surface area contributed by atoms with Gasteiger partial charge in [0.1, 0.15) is 5.52 Å². The van der Waals surface area contributed by atoms with E-state index in [4.69, 9.17) is 22.1 Å². The fraction of sp³-hybridized carbons (Fsp3) is 0.421. The van der Waals surface area contributed by atoms with Crippen molar-refractivity contribution in [2.75, 3.05) is 12.3 Å². The Hall–Kier alpha value is -2.34. The number of hydrogen-bond acceptors (Lipinski definition) is 5. The van der Waals surface area contributed by atoms with Gasteiger partial charge in [-0.05, 0) is 30.4 Å². The standard InChI is InChI=1S/C19H24ClN5O/c1-2-3-10-26-19-23-17(21)16-18(24-19)25(13-22-16)9-5-8-14-6-4-7-15(11-14)12-20/h4,6-7,11,13H,2-3,5,8-10,12H2,1H3,(H2,21,23,24). The van der Waals surface area contributed by atoms with Gasteiger partial charge in [-0.3, -0.25) is 0 Å². The van der Waals surface area contributed by atoms with Gasteiger partial charge in [-0.2, -0.15) is 9.97 Å². The van der Waals surface area contributed by atoms with Gasteiger partial charge in [0.15, 0.2) is 11.5 Å². The molecule has 138 valence electrons. The summed E-state index contributed by atoms with van der Waals surface area (Å²) in [5.74, 6) is 0.895. The molecule has 3 aromatic rings. The first-order valence-electron chi connectivity index (χ1n) is 8.96. The van der Waals surface area contributed by atoms with E-state index in [1.807, 2.05) is 16.7 Å². The van der Waals surface area contributed by atoms with Crippen LogP contribution in [0.25, 0.3) is 11.2 Å². The lowest BCUT2D eigenvalue weighted by atomic mass is 10.1. The number of nitrogens with two attached hydrogens (primary N) is 1. The molecular formula is C19H24ClN5O. The first-order valence-corrected chi connectivity index (χ1v) is 9.49. The third kappa shape index (κ3) is 4.43. The average molecular weight is 374 g/mol. The third-order valence-electron chi connectivity index (χ3n) is 4.21. The molecule has 1 aromatic carbocycles. The molecule has 7 heteroatoms. The van der Waals surface area contributed by atoms with Crippen molar-refractivity contribution in [3.63, 3.8) is 0 Å². The van der Waals surface area contributed by atoms with E-state index in [9.17, 15) is 0 Å². The molecule has 0 bridgehead atoms. The monoisotopic (exact) mass is 373 g/mol. The highest BCUT2D eigenvalue weighted by Gasteiger charge is 2.12. The number of fused-ring (bicyclic) bond motifs is 1. The molecule has 2 heterocycles. The minimum Gasteiger partial charge on any atom is -0.463 e. The van der Waals surface area contributed by atoms with E-state index in [0.717, 1.165) is 43.4 Å². The van der Waals surface area contributed by atoms with Gasteiger partial charge in [-0.15, -0.1) is 11.6 Å². The molecule has 0 atom stereocenters. The van der Waals surface area contributed by atoms with Crippen LogP contribution >= 0.6 is 11.6 Å². The highest BCUT2D eigenvalue weighted by Crippen LogP contribution is 2.20. The second-order valence-corrected chi connectivity index (χ2v) is 6.53. The minimum atomic E-state index is 0.319. The molecule has 0 radical (unpaired) electrons. The number of aromatic nitrogens is 4. The largest absolute Gasteiger partial charge is 0.463 e. The third-order valence-corrected chi connectivity index (χ3v) is 4.52. The summed E-state index contributed by atoms with van der Waals surface area (Å²) in [6.07, 6.45) is 5.71. The SMILES string of the molecule is CCCCOc1nc(N)c2ncn(CCCc3cccc(CCl)c3)c2n1. The number of benzene rings is 1. The highest BCUT2D eigenvalue weighted by molar-refractivity contribution is 6.17. The molecule has 0 aliphatic carbocycles. The number of imidazole rings is 1. The Morgan fingerprint density at radius 3 is 2.85 bits per heavy atom. The predicted molar refractivity (Wildman–Crippen MR) is 104 cm³/mol. The van der Waals surface area contributed by atoms with E-state index in [1.54, 1.807) is 6.33 Å². The second kappa shape index (κ2) is 8.85. The molecule has 0 saturated carbocycles. The lowest BCUT2D eigenvalue weighted by Gasteiger charge is -2.07. The van der Waals surface area contributed by atoms with Crippen LogP contribution < -0.4 is 10.5 Å². The summed E-state index contributed by atoms with van der Waals surface area (Å²) < 4.78 is 7.61. The molecule has 0 spiro atoms. The molecule has 26 heavy (non-hydrogen) atoms. The Balaban J connectivity index is 1.69. The predicted octanol–water partition coefficient (Wildman–Crippen LogP) is 3.96. The number of alkyl halides is 1. The van der Waals surface area contributed by atoms with E-state index in [1.165, 1.54) is 5.56 Å². The summed E-state index contributed by atoms with van der Waals surface area (Å²) in [7, 11) is 0. The van der Waals surface area contributed by atoms with Crippen LogP contribution in [-0.4, -0.2) is 26.1 Å². The topological polar surface area (TPSA) is 78.9 Å². The van der Waals surface area contributed by atoms with Crippen molar-refractivity contribution in [2.24, 2.45) is 0 Å². The fourth-order valence-electron chi connectivity index (χ4n) is 2.80. The number of unbranched alkanes of at least 4 members (excludes halogenated alkanes) is 1. The van der Waals surface area contributed by atoms with Crippen LogP contribution in [0.2, 0.25) is 0 Å². The Bertz CT molecular complexity index is 864. The number of halogens is 1. The Kier molecular flexibility index (Phi) is 6.28. The van der Waals surface area contributed by atoms with E-state index < -0.39 is 0 Å². The number of rotatable bonds is 9. The van der Waals surface area contributed by atoms with Crippen LogP contribution in [-0.2, 0) is 18.8 Å². The zero-order chi connectivity index (χ0) is 18.4. The average Bonchev–Trinajstić information content (AvgIpc) is 3.06. The number of nitrogen functional groups attached to an aromatic ring is 1. The number of ether oxygens (including phenoxy) is 1.